The molecule has 5 heterocycles. The first-order valence-corrected chi connectivity index (χ1v) is 20.4. The minimum atomic E-state index is -0.112. The number of aromatic nitrogens is 4. The minimum Gasteiger partial charge on any atom is -0.354 e. The first kappa shape index (κ1) is 35.5. The zero-order valence-electron chi connectivity index (χ0n) is 33.8. The van der Waals surface area contributed by atoms with Gasteiger partial charge >= 0.3 is 0 Å². The maximum Gasteiger partial charge on any atom is 0.214 e. The molecule has 9 aromatic rings. The van der Waals surface area contributed by atoms with Gasteiger partial charge in [0.2, 0.25) is 5.78 Å². The first-order valence-electron chi connectivity index (χ1n) is 20.4. The van der Waals surface area contributed by atoms with Crippen LogP contribution in [-0.4, -0.2) is 25.7 Å². The van der Waals surface area contributed by atoms with Crippen LogP contribution in [-0.2, 0) is 0 Å². The summed E-state index contributed by atoms with van der Waals surface area (Å²) in [5.74, 6) is -0.112. The molecule has 0 unspecified atom stereocenters. The van der Waals surface area contributed by atoms with Crippen molar-refractivity contribution in [3.05, 3.63) is 190 Å². The standard InChI is InChI=1S/C55H40N4O/c1-31-10-17-36(18-11-31)48-41-24-25-42(56-41)49(37-19-12-32(2)13-20-37)44-27-29-46(58-44)51-39-23-16-34(4)30-40(39)47(35-8-6-5-7-9-35)52-53(51)59-54(55(52)60)50(45-28-26-43(48)57-45)38-21-14-33(3)15-22-38/h5-30,56-57H,1-4H3. The topological polar surface area (TPSA) is 74.4 Å². The Hall–Kier alpha value is -7.63. The van der Waals surface area contributed by atoms with Gasteiger partial charge in [0.25, 0.3) is 0 Å². The summed E-state index contributed by atoms with van der Waals surface area (Å²) in [5, 5.41) is 2.84. The van der Waals surface area contributed by atoms with Crippen LogP contribution in [0.5, 0.6) is 0 Å². The zero-order valence-corrected chi connectivity index (χ0v) is 33.8. The van der Waals surface area contributed by atoms with Crippen molar-refractivity contribution in [1.29, 1.82) is 0 Å². The third kappa shape index (κ3) is 5.73. The van der Waals surface area contributed by atoms with E-state index in [4.69, 9.17) is 9.97 Å². The van der Waals surface area contributed by atoms with E-state index in [2.05, 4.69) is 177 Å². The molecule has 8 bridgehead atoms. The van der Waals surface area contributed by atoms with E-state index in [9.17, 15) is 0 Å². The molecule has 0 saturated heterocycles. The lowest BCUT2D eigenvalue weighted by Gasteiger charge is -2.14. The molecule has 3 aromatic heterocycles. The summed E-state index contributed by atoms with van der Waals surface area (Å²) >= 11 is 0. The average Bonchev–Trinajstić information content (AvgIpc) is 4.09. The van der Waals surface area contributed by atoms with Crippen LogP contribution in [0.3, 0.4) is 0 Å². The fourth-order valence-corrected chi connectivity index (χ4v) is 9.03. The summed E-state index contributed by atoms with van der Waals surface area (Å²) in [6.45, 7) is 8.40. The molecular weight excluding hydrogens is 733 g/mol. The van der Waals surface area contributed by atoms with E-state index >= 15 is 4.79 Å². The predicted molar refractivity (Wildman–Crippen MR) is 249 cm³/mol. The number of hydrogen-bond acceptors (Lipinski definition) is 3. The smallest absolute Gasteiger partial charge is 0.214 e. The number of carbonyl (C=O) groups excluding carboxylic acids is 1. The van der Waals surface area contributed by atoms with Gasteiger partial charge in [-0.25, -0.2) is 9.97 Å². The molecule has 0 fully saturated rings. The second kappa shape index (κ2) is 13.7. The van der Waals surface area contributed by atoms with Crippen molar-refractivity contribution in [2.24, 2.45) is 0 Å². The van der Waals surface area contributed by atoms with Gasteiger partial charge in [-0.05, 0) is 97.1 Å². The van der Waals surface area contributed by atoms with Crippen LogP contribution < -0.4 is 0 Å². The highest BCUT2D eigenvalue weighted by Gasteiger charge is 2.32. The van der Waals surface area contributed by atoms with Crippen LogP contribution in [0.4, 0.5) is 0 Å². The highest BCUT2D eigenvalue weighted by molar-refractivity contribution is 6.31. The second-order valence-electron chi connectivity index (χ2n) is 16.2. The number of H-pyrrole nitrogens is 2. The van der Waals surface area contributed by atoms with E-state index in [1.54, 1.807) is 0 Å². The van der Waals surface area contributed by atoms with Gasteiger partial charge in [-0.15, -0.1) is 0 Å². The van der Waals surface area contributed by atoms with Crippen molar-refractivity contribution in [2.45, 2.75) is 27.7 Å². The van der Waals surface area contributed by atoms with E-state index in [-0.39, 0.29) is 5.78 Å². The number of nitrogens with one attached hydrogen (secondary N) is 2. The fourth-order valence-electron chi connectivity index (χ4n) is 9.03. The third-order valence-corrected chi connectivity index (χ3v) is 12.0. The molecule has 2 aliphatic heterocycles. The Balaban J connectivity index is 1.39. The van der Waals surface area contributed by atoms with Crippen molar-refractivity contribution < 1.29 is 4.79 Å². The van der Waals surface area contributed by atoms with Gasteiger partial charge in [0.05, 0.1) is 22.5 Å². The monoisotopic (exact) mass is 772 g/mol. The summed E-state index contributed by atoms with van der Waals surface area (Å²) in [6.07, 6.45) is 4.19. The molecule has 286 valence electrons. The molecule has 0 spiro atoms. The van der Waals surface area contributed by atoms with Gasteiger partial charge in [0, 0.05) is 49.7 Å². The van der Waals surface area contributed by atoms with Gasteiger partial charge in [-0.1, -0.05) is 144 Å². The Morgan fingerprint density at radius 3 is 1.48 bits per heavy atom. The largest absolute Gasteiger partial charge is 0.354 e. The summed E-state index contributed by atoms with van der Waals surface area (Å²) in [6, 6.07) is 51.0. The number of carbonyl (C=O) groups is 1. The van der Waals surface area contributed by atoms with E-state index < -0.39 is 0 Å². The van der Waals surface area contributed by atoms with Crippen LogP contribution >= 0.6 is 0 Å². The van der Waals surface area contributed by atoms with Gasteiger partial charge < -0.3 is 9.97 Å². The Kier molecular flexibility index (Phi) is 8.14. The second-order valence-corrected chi connectivity index (χ2v) is 16.2. The predicted octanol–water partition coefficient (Wildman–Crippen LogP) is 13.9. The molecular formula is C55H40N4O. The Labute approximate surface area is 347 Å². The van der Waals surface area contributed by atoms with E-state index in [0.29, 0.717) is 16.8 Å². The lowest BCUT2D eigenvalue weighted by molar-refractivity contribution is 0.104. The van der Waals surface area contributed by atoms with Crippen molar-refractivity contribution in [2.75, 3.05) is 0 Å². The van der Waals surface area contributed by atoms with Crippen molar-refractivity contribution in [1.82, 2.24) is 19.9 Å². The number of nitrogens with zero attached hydrogens (tertiary/aromatic N) is 2. The molecule has 0 aliphatic carbocycles. The van der Waals surface area contributed by atoms with E-state index in [0.717, 1.165) is 105 Å². The molecule has 0 atom stereocenters. The summed E-state index contributed by atoms with van der Waals surface area (Å²) in [5.41, 5.74) is 19.1. The van der Waals surface area contributed by atoms with Crippen LogP contribution in [0.25, 0.3) is 100 Å². The van der Waals surface area contributed by atoms with Crippen LogP contribution in [0.1, 0.15) is 49.7 Å². The normalized spacial score (nSPS) is 12.3. The Bertz CT molecular complexity index is 3440. The SMILES string of the molecule is Cc1ccc(-c2c3nc(c4c5nc(c(-c6ccc(C)cc6)c6ccc([nH]6)c(-c6ccc(C)cc6)c6ccc2[nH]6)C(=O)c5c(-c2ccccc2)c2cc(C)ccc24)C=C3)cc1. The maximum absolute atomic E-state index is 15.6. The molecule has 60 heavy (non-hydrogen) atoms. The van der Waals surface area contributed by atoms with Crippen LogP contribution in [0.2, 0.25) is 0 Å². The van der Waals surface area contributed by atoms with Gasteiger partial charge in [0.15, 0.2) is 0 Å². The fraction of sp³-hybridized carbons (Fsp3) is 0.0727. The number of rotatable bonds is 4. The van der Waals surface area contributed by atoms with Gasteiger partial charge in [0.1, 0.15) is 5.69 Å². The number of aryl methyl sites for hydroxylation is 4. The molecule has 5 nitrogen and oxygen atoms in total. The third-order valence-electron chi connectivity index (χ3n) is 12.0. The molecule has 2 aliphatic rings. The lowest BCUT2D eigenvalue weighted by Crippen LogP contribution is -2.03. The number of benzene rings is 6. The summed E-state index contributed by atoms with van der Waals surface area (Å²) < 4.78 is 0. The zero-order chi connectivity index (χ0) is 40.6. The van der Waals surface area contributed by atoms with E-state index in [1.807, 2.05) is 18.2 Å². The quantitative estimate of drug-likeness (QED) is 0.187. The minimum absolute atomic E-state index is 0.112. The van der Waals surface area contributed by atoms with Crippen LogP contribution in [0, 0.1) is 27.7 Å². The first-order chi connectivity index (χ1) is 29.3. The Morgan fingerprint density at radius 2 is 0.883 bits per heavy atom. The van der Waals surface area contributed by atoms with Crippen molar-refractivity contribution in [3.63, 3.8) is 0 Å². The van der Waals surface area contributed by atoms with E-state index in [1.165, 1.54) is 11.1 Å². The van der Waals surface area contributed by atoms with Gasteiger partial charge in [-0.2, -0.15) is 0 Å². The van der Waals surface area contributed by atoms with Gasteiger partial charge in [-0.3, -0.25) is 4.79 Å². The molecule has 0 radical (unpaired) electrons. The number of aromatic amines is 2. The highest BCUT2D eigenvalue weighted by atomic mass is 16.1. The number of ketones is 1. The molecule has 0 amide bonds. The summed E-state index contributed by atoms with van der Waals surface area (Å²) in [7, 11) is 0. The average molecular weight is 773 g/mol. The van der Waals surface area contributed by atoms with Crippen molar-refractivity contribution in [3.8, 4) is 44.5 Å². The molecule has 6 aromatic carbocycles. The van der Waals surface area contributed by atoms with Crippen LogP contribution in [0.15, 0.2) is 146 Å². The molecule has 5 heteroatoms. The lowest BCUT2D eigenvalue weighted by atomic mass is 9.87. The Morgan fingerprint density at radius 1 is 0.400 bits per heavy atom. The summed E-state index contributed by atoms with van der Waals surface area (Å²) in [4.78, 5) is 34.3. The van der Waals surface area contributed by atoms with Crippen molar-refractivity contribution >= 4 is 61.7 Å². The number of fused-ring (bicyclic) bond motifs is 10. The highest BCUT2D eigenvalue weighted by Crippen LogP contribution is 2.45. The molecule has 2 N–H and O–H groups in total. The number of hydrogen-bond donors (Lipinski definition) is 2. The molecule has 0 saturated carbocycles. The molecule has 11 rings (SSSR count). The maximum atomic E-state index is 15.6.